The molecule has 1 unspecified atom stereocenters. The fraction of sp³-hybridized carbons (Fsp3) is 0.391. The molecule has 1 aliphatic rings. The van der Waals surface area contributed by atoms with Crippen molar-refractivity contribution >= 4 is 16.9 Å². The Balaban J connectivity index is 1.47. The molecule has 3 aromatic rings. The number of aromatic nitrogens is 2. The third kappa shape index (κ3) is 3.88. The van der Waals surface area contributed by atoms with E-state index in [1.165, 1.54) is 0 Å². The van der Waals surface area contributed by atoms with E-state index in [4.69, 9.17) is 9.72 Å². The summed E-state index contributed by atoms with van der Waals surface area (Å²) in [5, 5.41) is 0. The van der Waals surface area contributed by atoms with Crippen molar-refractivity contribution in [3.63, 3.8) is 0 Å². The standard InChI is InChI=1S/C23H27N3O2/c1-18(27)25-16-9-14-22(25)23-24-20-12-5-6-13-21(20)26(23)15-7-8-17-28-19-10-3-2-4-11-19/h2-6,10-13,22H,7-9,14-17H2,1H3. The van der Waals surface area contributed by atoms with Crippen molar-refractivity contribution in [1.82, 2.24) is 14.5 Å². The van der Waals surface area contributed by atoms with Crippen LogP contribution in [0.3, 0.4) is 0 Å². The molecular weight excluding hydrogens is 350 g/mol. The maximum Gasteiger partial charge on any atom is 0.220 e. The number of nitrogens with zero attached hydrogens (tertiary/aromatic N) is 3. The number of carbonyl (C=O) groups excluding carboxylic acids is 1. The monoisotopic (exact) mass is 377 g/mol. The fourth-order valence-electron chi connectivity index (χ4n) is 4.07. The quantitative estimate of drug-likeness (QED) is 0.566. The highest BCUT2D eigenvalue weighted by atomic mass is 16.5. The van der Waals surface area contributed by atoms with Gasteiger partial charge >= 0.3 is 0 Å². The summed E-state index contributed by atoms with van der Waals surface area (Å²) in [6.07, 6.45) is 4.01. The van der Waals surface area contributed by atoms with Gasteiger partial charge in [-0.15, -0.1) is 0 Å². The summed E-state index contributed by atoms with van der Waals surface area (Å²) >= 11 is 0. The number of carbonyl (C=O) groups is 1. The van der Waals surface area contributed by atoms with Crippen molar-refractivity contribution in [2.75, 3.05) is 13.2 Å². The molecule has 1 aromatic heterocycles. The van der Waals surface area contributed by atoms with Crippen molar-refractivity contribution < 1.29 is 9.53 Å². The number of likely N-dealkylation sites (tertiary alicyclic amines) is 1. The third-order valence-corrected chi connectivity index (χ3v) is 5.43. The van der Waals surface area contributed by atoms with Crippen molar-refractivity contribution in [3.8, 4) is 5.75 Å². The number of rotatable bonds is 7. The maximum absolute atomic E-state index is 12.1. The van der Waals surface area contributed by atoms with Crippen LogP contribution in [-0.4, -0.2) is 33.5 Å². The van der Waals surface area contributed by atoms with E-state index in [-0.39, 0.29) is 11.9 Å². The average molecular weight is 377 g/mol. The summed E-state index contributed by atoms with van der Waals surface area (Å²) in [7, 11) is 0. The second kappa shape index (κ2) is 8.46. The van der Waals surface area contributed by atoms with Crippen LogP contribution in [0.2, 0.25) is 0 Å². The van der Waals surface area contributed by atoms with Crippen LogP contribution >= 0.6 is 0 Å². The zero-order chi connectivity index (χ0) is 19.3. The Morgan fingerprint density at radius 1 is 1.11 bits per heavy atom. The van der Waals surface area contributed by atoms with Gasteiger partial charge in [0.1, 0.15) is 11.6 Å². The van der Waals surface area contributed by atoms with Gasteiger partial charge in [0.15, 0.2) is 0 Å². The summed E-state index contributed by atoms with van der Waals surface area (Å²) in [6, 6.07) is 18.3. The van der Waals surface area contributed by atoms with Crippen LogP contribution < -0.4 is 4.74 Å². The van der Waals surface area contributed by atoms with Crippen molar-refractivity contribution in [1.29, 1.82) is 0 Å². The van der Waals surface area contributed by atoms with Gasteiger partial charge in [0.2, 0.25) is 5.91 Å². The summed E-state index contributed by atoms with van der Waals surface area (Å²) in [6.45, 7) is 4.07. The maximum atomic E-state index is 12.1. The minimum Gasteiger partial charge on any atom is -0.494 e. The van der Waals surface area contributed by atoms with Crippen LogP contribution in [0, 0.1) is 0 Å². The van der Waals surface area contributed by atoms with E-state index < -0.39 is 0 Å². The molecule has 2 heterocycles. The predicted molar refractivity (Wildman–Crippen MR) is 110 cm³/mol. The van der Waals surface area contributed by atoms with Gasteiger partial charge in [0.05, 0.1) is 23.7 Å². The fourth-order valence-corrected chi connectivity index (χ4v) is 4.07. The Hall–Kier alpha value is -2.82. The summed E-state index contributed by atoms with van der Waals surface area (Å²) < 4.78 is 8.12. The van der Waals surface area contributed by atoms with Crippen LogP contribution in [0.25, 0.3) is 11.0 Å². The van der Waals surface area contributed by atoms with Crippen LogP contribution in [0.4, 0.5) is 0 Å². The molecule has 28 heavy (non-hydrogen) atoms. The average Bonchev–Trinajstić information content (AvgIpc) is 3.33. The van der Waals surface area contributed by atoms with Crippen LogP contribution in [0.1, 0.15) is 44.5 Å². The molecule has 4 rings (SSSR count). The molecule has 1 aliphatic heterocycles. The van der Waals surface area contributed by atoms with E-state index in [0.717, 1.165) is 61.4 Å². The molecule has 146 valence electrons. The Morgan fingerprint density at radius 3 is 2.71 bits per heavy atom. The first-order valence-corrected chi connectivity index (χ1v) is 10.1. The lowest BCUT2D eigenvalue weighted by atomic mass is 10.2. The topological polar surface area (TPSA) is 47.4 Å². The molecule has 0 spiro atoms. The third-order valence-electron chi connectivity index (χ3n) is 5.43. The Kier molecular flexibility index (Phi) is 5.60. The highest BCUT2D eigenvalue weighted by molar-refractivity contribution is 5.77. The van der Waals surface area contributed by atoms with E-state index in [0.29, 0.717) is 6.61 Å². The van der Waals surface area contributed by atoms with E-state index in [9.17, 15) is 4.79 Å². The summed E-state index contributed by atoms with van der Waals surface area (Å²) in [5.41, 5.74) is 2.16. The van der Waals surface area contributed by atoms with Gasteiger partial charge in [0.25, 0.3) is 0 Å². The SMILES string of the molecule is CC(=O)N1CCCC1c1nc2ccccc2n1CCCCOc1ccccc1. The first-order chi connectivity index (χ1) is 13.7. The molecule has 2 aromatic carbocycles. The molecule has 1 atom stereocenters. The number of hydrogen-bond donors (Lipinski definition) is 0. The summed E-state index contributed by atoms with van der Waals surface area (Å²) in [4.78, 5) is 18.9. The Labute approximate surface area is 165 Å². The molecule has 1 amide bonds. The van der Waals surface area contributed by atoms with Crippen molar-refractivity contribution in [3.05, 3.63) is 60.4 Å². The Morgan fingerprint density at radius 2 is 1.89 bits per heavy atom. The number of amides is 1. The summed E-state index contributed by atoms with van der Waals surface area (Å²) in [5.74, 6) is 2.08. The zero-order valence-corrected chi connectivity index (χ0v) is 16.4. The van der Waals surface area contributed by atoms with Crippen molar-refractivity contribution in [2.24, 2.45) is 0 Å². The van der Waals surface area contributed by atoms with E-state index in [1.54, 1.807) is 6.92 Å². The molecular formula is C23H27N3O2. The number of ether oxygens (including phenoxy) is 1. The highest BCUT2D eigenvalue weighted by Gasteiger charge is 2.31. The van der Waals surface area contributed by atoms with Gasteiger partial charge in [0, 0.05) is 20.0 Å². The van der Waals surface area contributed by atoms with Gasteiger partial charge in [-0.25, -0.2) is 4.98 Å². The van der Waals surface area contributed by atoms with Crippen LogP contribution in [0.15, 0.2) is 54.6 Å². The minimum absolute atomic E-state index is 0.0884. The normalized spacial score (nSPS) is 16.6. The molecule has 0 bridgehead atoms. The number of aryl methyl sites for hydroxylation is 1. The number of unbranched alkanes of at least 4 members (excludes halogenated alkanes) is 1. The molecule has 0 radical (unpaired) electrons. The lowest BCUT2D eigenvalue weighted by Crippen LogP contribution is -2.30. The Bertz CT molecular complexity index is 935. The van der Waals surface area contributed by atoms with Gasteiger partial charge in [-0.1, -0.05) is 30.3 Å². The smallest absolute Gasteiger partial charge is 0.220 e. The number of fused-ring (bicyclic) bond motifs is 1. The molecule has 1 saturated heterocycles. The van der Waals surface area contributed by atoms with Gasteiger partial charge < -0.3 is 14.2 Å². The lowest BCUT2D eigenvalue weighted by molar-refractivity contribution is -0.129. The molecule has 0 saturated carbocycles. The molecule has 5 nitrogen and oxygen atoms in total. The minimum atomic E-state index is 0.0884. The van der Waals surface area contributed by atoms with E-state index in [2.05, 4.69) is 22.8 Å². The first-order valence-electron chi connectivity index (χ1n) is 10.1. The van der Waals surface area contributed by atoms with Crippen LogP contribution in [0.5, 0.6) is 5.75 Å². The van der Waals surface area contributed by atoms with Crippen molar-refractivity contribution in [2.45, 2.75) is 45.2 Å². The molecule has 5 heteroatoms. The number of benzene rings is 2. The number of para-hydroxylation sites is 3. The number of imidazole rings is 1. The lowest BCUT2D eigenvalue weighted by Gasteiger charge is -2.24. The molecule has 0 N–H and O–H groups in total. The highest BCUT2D eigenvalue weighted by Crippen LogP contribution is 2.33. The van der Waals surface area contributed by atoms with Gasteiger partial charge in [-0.2, -0.15) is 0 Å². The number of hydrogen-bond acceptors (Lipinski definition) is 3. The van der Waals surface area contributed by atoms with Crippen LogP contribution in [-0.2, 0) is 11.3 Å². The van der Waals surface area contributed by atoms with Gasteiger partial charge in [-0.05, 0) is 49.9 Å². The van der Waals surface area contributed by atoms with E-state index >= 15 is 0 Å². The second-order valence-corrected chi connectivity index (χ2v) is 7.35. The zero-order valence-electron chi connectivity index (χ0n) is 16.4. The van der Waals surface area contributed by atoms with Gasteiger partial charge in [-0.3, -0.25) is 4.79 Å². The van der Waals surface area contributed by atoms with E-state index in [1.807, 2.05) is 41.3 Å². The predicted octanol–water partition coefficient (Wildman–Crippen LogP) is 4.58. The second-order valence-electron chi connectivity index (χ2n) is 7.35. The molecule has 0 aliphatic carbocycles. The first kappa shape index (κ1) is 18.5. The largest absolute Gasteiger partial charge is 0.494 e. The molecule has 1 fully saturated rings.